The largest absolute Gasteiger partial charge is 0.494 e. The summed E-state index contributed by atoms with van der Waals surface area (Å²) >= 11 is 1.38. The predicted molar refractivity (Wildman–Crippen MR) is 122 cm³/mol. The molecule has 0 bridgehead atoms. The molecule has 1 heterocycles. The molecule has 0 aliphatic rings. The van der Waals surface area contributed by atoms with Crippen LogP contribution in [0.3, 0.4) is 0 Å². The number of hydrogen-bond acceptors (Lipinski definition) is 5. The Morgan fingerprint density at radius 2 is 1.60 bits per heavy atom. The molecular weight excluding hydrogens is 394 g/mol. The number of thioether (sulfide) groups is 1. The van der Waals surface area contributed by atoms with Gasteiger partial charge in [0.25, 0.3) is 0 Å². The van der Waals surface area contributed by atoms with Crippen LogP contribution in [0.5, 0.6) is 5.75 Å². The molecule has 0 saturated carbocycles. The summed E-state index contributed by atoms with van der Waals surface area (Å²) in [7, 11) is 0. The Bertz CT molecular complexity index is 1150. The van der Waals surface area contributed by atoms with E-state index < -0.39 is 0 Å². The van der Waals surface area contributed by atoms with Gasteiger partial charge in [-0.25, -0.2) is 0 Å². The fourth-order valence-corrected chi connectivity index (χ4v) is 3.90. The van der Waals surface area contributed by atoms with Gasteiger partial charge >= 0.3 is 0 Å². The highest BCUT2D eigenvalue weighted by atomic mass is 32.2. The molecule has 5 nitrogen and oxygen atoms in total. The third-order valence-electron chi connectivity index (χ3n) is 4.49. The number of carbonyl (C=O) groups is 1. The van der Waals surface area contributed by atoms with Gasteiger partial charge in [-0.2, -0.15) is 0 Å². The van der Waals surface area contributed by atoms with E-state index in [9.17, 15) is 4.79 Å². The van der Waals surface area contributed by atoms with Crippen molar-refractivity contribution in [3.63, 3.8) is 0 Å². The van der Waals surface area contributed by atoms with Crippen molar-refractivity contribution in [3.8, 4) is 17.0 Å². The van der Waals surface area contributed by atoms with Crippen molar-refractivity contribution in [3.05, 3.63) is 78.9 Å². The quantitative estimate of drug-likeness (QED) is 0.408. The van der Waals surface area contributed by atoms with Gasteiger partial charge in [0.15, 0.2) is 0 Å². The van der Waals surface area contributed by atoms with Gasteiger partial charge in [0.1, 0.15) is 16.5 Å². The number of fused-ring (bicyclic) bond motifs is 1. The molecule has 0 aliphatic heterocycles. The van der Waals surface area contributed by atoms with E-state index in [1.54, 1.807) is 0 Å². The van der Waals surface area contributed by atoms with Gasteiger partial charge in [-0.1, -0.05) is 66.4 Å². The standard InChI is InChI=1S/C24H21N3O2S/c1-2-29-19-14-12-18(13-15-19)25-22(28)16-30-24-21-11-7-6-10-20(21)23(26-27-24)17-8-4-3-5-9-17/h3-15H,2,16H2,1H3,(H,25,28). The molecule has 3 aromatic carbocycles. The summed E-state index contributed by atoms with van der Waals surface area (Å²) in [6.07, 6.45) is 0. The lowest BCUT2D eigenvalue weighted by atomic mass is 10.1. The molecule has 0 unspecified atom stereocenters. The number of benzene rings is 3. The maximum Gasteiger partial charge on any atom is 0.234 e. The highest BCUT2D eigenvalue weighted by Gasteiger charge is 2.12. The molecule has 0 spiro atoms. The molecule has 0 saturated heterocycles. The predicted octanol–water partition coefficient (Wildman–Crippen LogP) is 5.43. The van der Waals surface area contributed by atoms with Gasteiger partial charge in [0.05, 0.1) is 12.4 Å². The minimum absolute atomic E-state index is 0.0952. The second kappa shape index (κ2) is 9.41. The van der Waals surface area contributed by atoms with Crippen LogP contribution in [-0.2, 0) is 4.79 Å². The first-order valence-corrected chi connectivity index (χ1v) is 10.7. The minimum Gasteiger partial charge on any atom is -0.494 e. The average Bonchev–Trinajstić information content (AvgIpc) is 2.79. The van der Waals surface area contributed by atoms with E-state index in [-0.39, 0.29) is 11.7 Å². The molecule has 150 valence electrons. The molecule has 0 fully saturated rings. The zero-order valence-electron chi connectivity index (χ0n) is 16.5. The molecule has 0 radical (unpaired) electrons. The zero-order chi connectivity index (χ0) is 20.8. The SMILES string of the molecule is CCOc1ccc(NC(=O)CSc2nnc(-c3ccccc3)c3ccccc23)cc1. The molecule has 6 heteroatoms. The topological polar surface area (TPSA) is 64.1 Å². The normalized spacial score (nSPS) is 10.7. The highest BCUT2D eigenvalue weighted by Crippen LogP contribution is 2.31. The second-order valence-corrected chi connectivity index (χ2v) is 7.52. The fraction of sp³-hybridized carbons (Fsp3) is 0.125. The fourth-order valence-electron chi connectivity index (χ4n) is 3.13. The smallest absolute Gasteiger partial charge is 0.234 e. The highest BCUT2D eigenvalue weighted by molar-refractivity contribution is 8.00. The number of rotatable bonds is 7. The first-order chi connectivity index (χ1) is 14.7. The van der Waals surface area contributed by atoms with Crippen LogP contribution < -0.4 is 10.1 Å². The van der Waals surface area contributed by atoms with E-state index in [1.807, 2.05) is 85.8 Å². The van der Waals surface area contributed by atoms with Gasteiger partial charge in [0.2, 0.25) is 5.91 Å². The van der Waals surface area contributed by atoms with E-state index in [1.165, 1.54) is 11.8 Å². The van der Waals surface area contributed by atoms with E-state index >= 15 is 0 Å². The number of anilines is 1. The average molecular weight is 416 g/mol. The van der Waals surface area contributed by atoms with Crippen molar-refractivity contribution in [1.82, 2.24) is 10.2 Å². The summed E-state index contributed by atoms with van der Waals surface area (Å²) in [5, 5.41) is 14.5. The monoisotopic (exact) mass is 415 g/mol. The van der Waals surface area contributed by atoms with Gasteiger partial charge in [0, 0.05) is 22.0 Å². The van der Waals surface area contributed by atoms with Crippen molar-refractivity contribution in [1.29, 1.82) is 0 Å². The van der Waals surface area contributed by atoms with Gasteiger partial charge < -0.3 is 10.1 Å². The third-order valence-corrected chi connectivity index (χ3v) is 5.47. The number of nitrogens with zero attached hydrogens (tertiary/aromatic N) is 2. The van der Waals surface area contributed by atoms with Crippen LogP contribution in [0.25, 0.3) is 22.0 Å². The van der Waals surface area contributed by atoms with Crippen LogP contribution in [0, 0.1) is 0 Å². The summed E-state index contributed by atoms with van der Waals surface area (Å²) in [5.74, 6) is 0.934. The summed E-state index contributed by atoms with van der Waals surface area (Å²) in [6, 6.07) is 25.4. The third kappa shape index (κ3) is 4.60. The first kappa shape index (κ1) is 19.9. The van der Waals surface area contributed by atoms with Crippen LogP contribution in [0.2, 0.25) is 0 Å². The molecule has 1 aromatic heterocycles. The maximum atomic E-state index is 12.4. The molecule has 0 atom stereocenters. The van der Waals surface area contributed by atoms with Crippen LogP contribution in [0.1, 0.15) is 6.92 Å². The van der Waals surface area contributed by atoms with Crippen LogP contribution in [-0.4, -0.2) is 28.5 Å². The van der Waals surface area contributed by atoms with Crippen LogP contribution in [0.4, 0.5) is 5.69 Å². The second-order valence-electron chi connectivity index (χ2n) is 6.56. The van der Waals surface area contributed by atoms with E-state index in [0.29, 0.717) is 6.61 Å². The minimum atomic E-state index is -0.0952. The Hall–Kier alpha value is -3.38. The molecule has 1 N–H and O–H groups in total. The number of hydrogen-bond donors (Lipinski definition) is 1. The Balaban J connectivity index is 1.48. The Morgan fingerprint density at radius 1 is 0.900 bits per heavy atom. The number of carbonyl (C=O) groups excluding carboxylic acids is 1. The van der Waals surface area contributed by atoms with Crippen molar-refractivity contribution >= 4 is 34.1 Å². The lowest BCUT2D eigenvalue weighted by molar-refractivity contribution is -0.113. The van der Waals surface area contributed by atoms with Crippen molar-refractivity contribution in [2.75, 3.05) is 17.7 Å². The van der Waals surface area contributed by atoms with Crippen molar-refractivity contribution < 1.29 is 9.53 Å². The number of aromatic nitrogens is 2. The lowest BCUT2D eigenvalue weighted by Gasteiger charge is -2.10. The summed E-state index contributed by atoms with van der Waals surface area (Å²) in [6.45, 7) is 2.55. The molecule has 4 aromatic rings. The maximum absolute atomic E-state index is 12.4. The molecule has 4 rings (SSSR count). The van der Waals surface area contributed by atoms with E-state index in [2.05, 4.69) is 15.5 Å². The number of amides is 1. The molecule has 30 heavy (non-hydrogen) atoms. The summed E-state index contributed by atoms with van der Waals surface area (Å²) in [5.41, 5.74) is 2.60. The summed E-state index contributed by atoms with van der Waals surface area (Å²) in [4.78, 5) is 12.4. The van der Waals surface area contributed by atoms with Gasteiger partial charge in [-0.05, 0) is 31.2 Å². The molecule has 1 amide bonds. The number of ether oxygens (including phenoxy) is 1. The molecule has 0 aliphatic carbocycles. The van der Waals surface area contributed by atoms with Crippen LogP contribution >= 0.6 is 11.8 Å². The zero-order valence-corrected chi connectivity index (χ0v) is 17.4. The van der Waals surface area contributed by atoms with Gasteiger partial charge in [-0.15, -0.1) is 10.2 Å². The Labute approximate surface area is 179 Å². The molecular formula is C24H21N3O2S. The Kier molecular flexibility index (Phi) is 6.25. The van der Waals surface area contributed by atoms with E-state index in [4.69, 9.17) is 4.74 Å². The first-order valence-electron chi connectivity index (χ1n) is 9.71. The van der Waals surface area contributed by atoms with Gasteiger partial charge in [-0.3, -0.25) is 4.79 Å². The van der Waals surface area contributed by atoms with E-state index in [0.717, 1.165) is 38.5 Å². The number of nitrogens with one attached hydrogen (secondary N) is 1. The summed E-state index contributed by atoms with van der Waals surface area (Å²) < 4.78 is 5.42. The van der Waals surface area contributed by atoms with Crippen molar-refractivity contribution in [2.24, 2.45) is 0 Å². The van der Waals surface area contributed by atoms with Crippen LogP contribution in [0.15, 0.2) is 83.9 Å². The lowest BCUT2D eigenvalue weighted by Crippen LogP contribution is -2.14. The Morgan fingerprint density at radius 3 is 2.33 bits per heavy atom. The van der Waals surface area contributed by atoms with Crippen molar-refractivity contribution in [2.45, 2.75) is 11.9 Å².